The molecule has 0 heterocycles. The normalized spacial score (nSPS) is 9.40. The van der Waals surface area contributed by atoms with Gasteiger partial charge in [-0.1, -0.05) is 30.3 Å². The number of rotatable bonds is 4. The van der Waals surface area contributed by atoms with E-state index in [0.29, 0.717) is 10.7 Å². The predicted molar refractivity (Wildman–Crippen MR) is 63.6 cm³/mol. The number of carbonyl (C=O) groups excluding carboxylic acids is 1. The molecule has 0 aliphatic heterocycles. The van der Waals surface area contributed by atoms with Gasteiger partial charge in [-0.3, -0.25) is 10.2 Å². The summed E-state index contributed by atoms with van der Waals surface area (Å²) in [6.45, 7) is 0.200. The molecule has 4 nitrogen and oxygen atoms in total. The predicted octanol–water partition coefficient (Wildman–Crippen LogP) is 0.468. The van der Waals surface area contributed by atoms with Crippen LogP contribution in [0.3, 0.4) is 0 Å². The van der Waals surface area contributed by atoms with Crippen LogP contribution in [0.5, 0.6) is 0 Å². The molecule has 1 rings (SSSR count). The molecule has 0 unspecified atom stereocenters. The van der Waals surface area contributed by atoms with Crippen LogP contribution in [-0.4, -0.2) is 24.5 Å². The van der Waals surface area contributed by atoms with Gasteiger partial charge in [-0.05, 0) is 12.2 Å². The summed E-state index contributed by atoms with van der Waals surface area (Å²) in [6, 6.07) is 9.09. The lowest BCUT2D eigenvalue weighted by atomic mass is 10.1. The number of benzene rings is 1. The largest absolute Gasteiger partial charge is 0.365 e. The maximum absolute atomic E-state index is 11.5. The molecule has 1 aromatic rings. The quantitative estimate of drug-likeness (QED) is 0.393. The summed E-state index contributed by atoms with van der Waals surface area (Å²) in [5.74, 6) is 0.0157. The minimum absolute atomic E-state index is 0.0157. The van der Waals surface area contributed by atoms with Crippen molar-refractivity contribution in [2.24, 2.45) is 0 Å². The van der Waals surface area contributed by atoms with Gasteiger partial charge in [-0.25, -0.2) is 5.43 Å². The Hall–Kier alpha value is -1.46. The summed E-state index contributed by atoms with van der Waals surface area (Å²) in [7, 11) is 1.70. The molecule has 0 bridgehead atoms. The SMILES string of the molecule is CNC(=S)NNCC(=O)c1ccccc1. The van der Waals surface area contributed by atoms with Crippen molar-refractivity contribution in [1.82, 2.24) is 16.2 Å². The lowest BCUT2D eigenvalue weighted by molar-refractivity contribution is 0.0989. The van der Waals surface area contributed by atoms with E-state index in [2.05, 4.69) is 16.2 Å². The van der Waals surface area contributed by atoms with E-state index >= 15 is 0 Å². The molecule has 0 saturated carbocycles. The summed E-state index contributed by atoms with van der Waals surface area (Å²) in [4.78, 5) is 11.5. The van der Waals surface area contributed by atoms with E-state index in [1.54, 1.807) is 19.2 Å². The minimum atomic E-state index is 0.0157. The van der Waals surface area contributed by atoms with Crippen molar-refractivity contribution in [2.45, 2.75) is 0 Å². The van der Waals surface area contributed by atoms with E-state index in [4.69, 9.17) is 12.2 Å². The minimum Gasteiger partial charge on any atom is -0.365 e. The van der Waals surface area contributed by atoms with Crippen LogP contribution in [0.2, 0.25) is 0 Å². The van der Waals surface area contributed by atoms with Gasteiger partial charge in [0.1, 0.15) is 0 Å². The zero-order valence-corrected chi connectivity index (χ0v) is 9.23. The summed E-state index contributed by atoms with van der Waals surface area (Å²) in [5.41, 5.74) is 6.10. The Kier molecular flexibility index (Phi) is 4.73. The second kappa shape index (κ2) is 6.10. The standard InChI is InChI=1S/C10H13N3OS/c1-11-10(15)13-12-7-9(14)8-5-3-2-4-6-8/h2-6,12H,7H2,1H3,(H2,11,13,15). The highest BCUT2D eigenvalue weighted by Crippen LogP contribution is 1.98. The highest BCUT2D eigenvalue weighted by atomic mass is 32.1. The van der Waals surface area contributed by atoms with E-state index < -0.39 is 0 Å². The van der Waals surface area contributed by atoms with Gasteiger partial charge in [0.05, 0.1) is 6.54 Å². The Morgan fingerprint density at radius 2 is 2.00 bits per heavy atom. The van der Waals surface area contributed by atoms with Crippen LogP contribution in [0.4, 0.5) is 0 Å². The molecule has 1 aromatic carbocycles. The molecule has 80 valence electrons. The summed E-state index contributed by atoms with van der Waals surface area (Å²) in [5, 5.41) is 3.18. The molecule has 0 saturated heterocycles. The smallest absolute Gasteiger partial charge is 0.180 e. The molecule has 0 aliphatic carbocycles. The van der Waals surface area contributed by atoms with Crippen molar-refractivity contribution in [2.75, 3.05) is 13.6 Å². The number of carbonyl (C=O) groups is 1. The van der Waals surface area contributed by atoms with Crippen molar-refractivity contribution in [3.63, 3.8) is 0 Å². The van der Waals surface area contributed by atoms with Gasteiger partial charge in [0, 0.05) is 12.6 Å². The molecule has 0 aromatic heterocycles. The Labute approximate surface area is 94.0 Å². The maximum atomic E-state index is 11.5. The second-order valence-electron chi connectivity index (χ2n) is 2.85. The van der Waals surface area contributed by atoms with Gasteiger partial charge < -0.3 is 5.32 Å². The Balaban J connectivity index is 2.34. The fourth-order valence-corrected chi connectivity index (χ4v) is 1.07. The number of ketones is 1. The molecular weight excluding hydrogens is 210 g/mol. The number of thiocarbonyl (C=S) groups is 1. The first-order valence-corrected chi connectivity index (χ1v) is 4.93. The van der Waals surface area contributed by atoms with Crippen LogP contribution in [-0.2, 0) is 0 Å². The van der Waals surface area contributed by atoms with E-state index in [0.717, 1.165) is 0 Å². The Morgan fingerprint density at radius 3 is 2.60 bits per heavy atom. The Bertz CT molecular complexity index is 340. The first-order valence-electron chi connectivity index (χ1n) is 4.53. The topological polar surface area (TPSA) is 53.2 Å². The van der Waals surface area contributed by atoms with E-state index in [-0.39, 0.29) is 12.3 Å². The average molecular weight is 223 g/mol. The molecule has 0 radical (unpaired) electrons. The van der Waals surface area contributed by atoms with Gasteiger partial charge in [-0.15, -0.1) is 0 Å². The average Bonchev–Trinajstić information content (AvgIpc) is 2.29. The molecular formula is C10H13N3OS. The third-order valence-corrected chi connectivity index (χ3v) is 2.08. The van der Waals surface area contributed by atoms with Crippen molar-refractivity contribution in [1.29, 1.82) is 0 Å². The molecule has 0 spiro atoms. The maximum Gasteiger partial charge on any atom is 0.180 e. The molecule has 5 heteroatoms. The summed E-state index contributed by atoms with van der Waals surface area (Å²) < 4.78 is 0. The summed E-state index contributed by atoms with van der Waals surface area (Å²) >= 11 is 4.83. The highest BCUT2D eigenvalue weighted by Gasteiger charge is 2.03. The van der Waals surface area contributed by atoms with Crippen molar-refractivity contribution >= 4 is 23.1 Å². The zero-order chi connectivity index (χ0) is 11.1. The van der Waals surface area contributed by atoms with Crippen LogP contribution in [0.1, 0.15) is 10.4 Å². The molecule has 15 heavy (non-hydrogen) atoms. The van der Waals surface area contributed by atoms with Crippen LogP contribution in [0, 0.1) is 0 Å². The first kappa shape index (κ1) is 11.6. The van der Waals surface area contributed by atoms with Crippen molar-refractivity contribution < 1.29 is 4.79 Å². The van der Waals surface area contributed by atoms with E-state index in [9.17, 15) is 4.79 Å². The van der Waals surface area contributed by atoms with Gasteiger partial charge in [0.15, 0.2) is 10.9 Å². The van der Waals surface area contributed by atoms with Crippen LogP contribution < -0.4 is 16.2 Å². The fourth-order valence-electron chi connectivity index (χ4n) is 0.993. The number of nitrogens with one attached hydrogen (secondary N) is 3. The van der Waals surface area contributed by atoms with Gasteiger partial charge in [0.25, 0.3) is 0 Å². The van der Waals surface area contributed by atoms with E-state index in [1.807, 2.05) is 18.2 Å². The van der Waals surface area contributed by atoms with Gasteiger partial charge >= 0.3 is 0 Å². The monoisotopic (exact) mass is 223 g/mol. The van der Waals surface area contributed by atoms with Crippen molar-refractivity contribution in [3.05, 3.63) is 35.9 Å². The lowest BCUT2D eigenvalue weighted by Gasteiger charge is -2.07. The van der Waals surface area contributed by atoms with Crippen LogP contribution >= 0.6 is 12.2 Å². The van der Waals surface area contributed by atoms with Gasteiger partial charge in [0.2, 0.25) is 0 Å². The zero-order valence-electron chi connectivity index (χ0n) is 8.41. The third-order valence-electron chi connectivity index (χ3n) is 1.77. The van der Waals surface area contributed by atoms with Gasteiger partial charge in [-0.2, -0.15) is 0 Å². The molecule has 0 atom stereocenters. The van der Waals surface area contributed by atoms with Crippen LogP contribution in [0.25, 0.3) is 0 Å². The molecule has 0 aliphatic rings. The third kappa shape index (κ3) is 4.05. The second-order valence-corrected chi connectivity index (χ2v) is 3.26. The number of hydrogen-bond donors (Lipinski definition) is 3. The fraction of sp³-hybridized carbons (Fsp3) is 0.200. The number of hydrazine groups is 1. The van der Waals surface area contributed by atoms with Crippen LogP contribution in [0.15, 0.2) is 30.3 Å². The Morgan fingerprint density at radius 1 is 1.33 bits per heavy atom. The first-order chi connectivity index (χ1) is 7.24. The summed E-state index contributed by atoms with van der Waals surface area (Å²) in [6.07, 6.45) is 0. The van der Waals surface area contributed by atoms with Crippen molar-refractivity contribution in [3.8, 4) is 0 Å². The number of hydrogen-bond acceptors (Lipinski definition) is 3. The number of Topliss-reactive ketones (excluding diaryl/α,β-unsaturated/α-hetero) is 1. The lowest BCUT2D eigenvalue weighted by Crippen LogP contribution is -2.44. The molecule has 3 N–H and O–H groups in total. The van der Waals surface area contributed by atoms with E-state index in [1.165, 1.54) is 0 Å². The molecule has 0 fully saturated rings. The molecule has 0 amide bonds. The highest BCUT2D eigenvalue weighted by molar-refractivity contribution is 7.80.